The number of hydrogen-bond acceptors (Lipinski definition) is 4. The summed E-state index contributed by atoms with van der Waals surface area (Å²) in [4.78, 5) is 2.43. The molecule has 7 heteroatoms. The number of rotatable bonds is 6. The van der Waals surface area contributed by atoms with Gasteiger partial charge in [-0.15, -0.1) is 12.4 Å². The number of fused-ring (bicyclic) bond motifs is 2. The first-order chi connectivity index (χ1) is 11.1. The fraction of sp³-hybridized carbons (Fsp3) is 0.647. The summed E-state index contributed by atoms with van der Waals surface area (Å²) < 4.78 is 34.9. The fourth-order valence-electron chi connectivity index (χ4n) is 3.53. The average Bonchev–Trinajstić information content (AvgIpc) is 2.84. The summed E-state index contributed by atoms with van der Waals surface area (Å²) in [5.74, 6) is 0.488. The normalized spacial score (nSPS) is 23.7. The summed E-state index contributed by atoms with van der Waals surface area (Å²) in [6, 6.07) is 6.48. The maximum Gasteiger partial charge on any atom is 0.387 e. The number of benzene rings is 1. The highest BCUT2D eigenvalue weighted by atomic mass is 35.5. The van der Waals surface area contributed by atoms with Crippen LogP contribution in [0.2, 0.25) is 0 Å². The van der Waals surface area contributed by atoms with E-state index in [1.807, 2.05) is 19.1 Å². The van der Waals surface area contributed by atoms with Crippen LogP contribution in [0.15, 0.2) is 18.2 Å². The Morgan fingerprint density at radius 2 is 2.00 bits per heavy atom. The van der Waals surface area contributed by atoms with E-state index in [1.165, 1.54) is 19.3 Å². The third-order valence-corrected chi connectivity index (χ3v) is 4.54. The van der Waals surface area contributed by atoms with E-state index in [9.17, 15) is 8.78 Å². The summed E-state index contributed by atoms with van der Waals surface area (Å²) >= 11 is 0. The van der Waals surface area contributed by atoms with Crippen LogP contribution >= 0.6 is 12.4 Å². The minimum atomic E-state index is -2.84. The van der Waals surface area contributed by atoms with Gasteiger partial charge < -0.3 is 14.8 Å². The molecule has 2 heterocycles. The van der Waals surface area contributed by atoms with Crippen LogP contribution in [-0.4, -0.2) is 43.3 Å². The van der Waals surface area contributed by atoms with Crippen molar-refractivity contribution in [3.8, 4) is 11.5 Å². The van der Waals surface area contributed by atoms with E-state index >= 15 is 0 Å². The molecule has 136 valence electrons. The van der Waals surface area contributed by atoms with Gasteiger partial charge in [-0.25, -0.2) is 0 Å². The zero-order valence-corrected chi connectivity index (χ0v) is 14.7. The topological polar surface area (TPSA) is 33.7 Å². The van der Waals surface area contributed by atoms with E-state index in [1.54, 1.807) is 6.07 Å². The Labute approximate surface area is 147 Å². The van der Waals surface area contributed by atoms with Gasteiger partial charge in [0, 0.05) is 31.7 Å². The predicted octanol–water partition coefficient (Wildman–Crippen LogP) is 3.43. The molecule has 2 bridgehead atoms. The quantitative estimate of drug-likeness (QED) is 0.840. The number of alkyl halides is 2. The lowest BCUT2D eigenvalue weighted by atomic mass is 10.1. The zero-order valence-electron chi connectivity index (χ0n) is 13.8. The summed E-state index contributed by atoms with van der Waals surface area (Å²) in [6.45, 7) is 2.31. The Hall–Kier alpha value is -1.11. The number of halogens is 3. The van der Waals surface area contributed by atoms with E-state index in [0.717, 1.165) is 25.2 Å². The van der Waals surface area contributed by atoms with E-state index in [4.69, 9.17) is 4.74 Å². The van der Waals surface area contributed by atoms with Crippen LogP contribution in [0.1, 0.15) is 31.7 Å². The molecule has 4 nitrogen and oxygen atoms in total. The van der Waals surface area contributed by atoms with Crippen LogP contribution in [0.4, 0.5) is 8.78 Å². The van der Waals surface area contributed by atoms with Gasteiger partial charge >= 0.3 is 6.61 Å². The molecule has 2 saturated heterocycles. The average molecular weight is 363 g/mol. The smallest absolute Gasteiger partial charge is 0.387 e. The maximum atomic E-state index is 12.5. The van der Waals surface area contributed by atoms with Crippen LogP contribution < -0.4 is 14.8 Å². The molecule has 0 amide bonds. The number of likely N-dealkylation sites (tertiary alicyclic amines) is 1. The molecule has 1 aromatic rings. The molecule has 2 atom stereocenters. The Morgan fingerprint density at radius 3 is 2.75 bits per heavy atom. The van der Waals surface area contributed by atoms with Crippen molar-refractivity contribution in [3.05, 3.63) is 23.8 Å². The summed E-state index contributed by atoms with van der Waals surface area (Å²) in [6.07, 6.45) is 3.70. The van der Waals surface area contributed by atoms with Crippen molar-refractivity contribution in [2.75, 3.05) is 19.7 Å². The lowest BCUT2D eigenvalue weighted by molar-refractivity contribution is -0.0514. The molecular weight excluding hydrogens is 338 g/mol. The molecule has 2 unspecified atom stereocenters. The maximum absolute atomic E-state index is 12.5. The van der Waals surface area contributed by atoms with Crippen molar-refractivity contribution in [3.63, 3.8) is 0 Å². The van der Waals surface area contributed by atoms with Gasteiger partial charge in [0.05, 0.1) is 6.61 Å². The molecular formula is C17H25ClF2N2O2. The van der Waals surface area contributed by atoms with Gasteiger partial charge in [0.2, 0.25) is 0 Å². The van der Waals surface area contributed by atoms with Crippen molar-refractivity contribution in [2.45, 2.75) is 51.4 Å². The highest BCUT2D eigenvalue weighted by molar-refractivity contribution is 5.85. The van der Waals surface area contributed by atoms with Crippen molar-refractivity contribution >= 4 is 12.4 Å². The minimum absolute atomic E-state index is 0. The number of nitrogens with one attached hydrogen (secondary N) is 1. The highest BCUT2D eigenvalue weighted by Crippen LogP contribution is 2.31. The standard InChI is InChI=1S/C17H24F2N2O2.ClH/c1-2-22-16-9-12(3-6-15(16)23-17(18)19)10-21-8-7-13-4-5-14(11-21)20-13;/h3,6,9,13-14,17,20H,2,4-5,7-8,10-11H2,1H3;1H. The first kappa shape index (κ1) is 19.2. The molecule has 2 aliphatic rings. The molecule has 0 radical (unpaired) electrons. The van der Waals surface area contributed by atoms with Crippen LogP contribution in [0, 0.1) is 0 Å². The van der Waals surface area contributed by atoms with E-state index in [0.29, 0.717) is 24.4 Å². The van der Waals surface area contributed by atoms with Crippen LogP contribution in [0.25, 0.3) is 0 Å². The molecule has 0 saturated carbocycles. The van der Waals surface area contributed by atoms with Crippen molar-refractivity contribution in [1.29, 1.82) is 0 Å². The molecule has 2 aliphatic heterocycles. The summed E-state index contributed by atoms with van der Waals surface area (Å²) in [5, 5.41) is 3.66. The third kappa shape index (κ3) is 4.94. The van der Waals surface area contributed by atoms with Crippen molar-refractivity contribution < 1.29 is 18.3 Å². The van der Waals surface area contributed by atoms with Crippen LogP contribution in [-0.2, 0) is 6.54 Å². The SMILES string of the molecule is CCOc1cc(CN2CCC3CCC(C2)N3)ccc1OC(F)F.Cl. The molecule has 24 heavy (non-hydrogen) atoms. The molecule has 0 aliphatic carbocycles. The van der Waals surface area contributed by atoms with E-state index < -0.39 is 6.61 Å². The molecule has 2 fully saturated rings. The second-order valence-corrected chi connectivity index (χ2v) is 6.25. The van der Waals surface area contributed by atoms with Gasteiger partial charge in [0.25, 0.3) is 0 Å². The molecule has 0 aromatic heterocycles. The van der Waals surface area contributed by atoms with Gasteiger partial charge in [-0.2, -0.15) is 8.78 Å². The Kier molecular flexibility index (Phi) is 7.07. The Morgan fingerprint density at radius 1 is 1.21 bits per heavy atom. The van der Waals surface area contributed by atoms with Gasteiger partial charge in [0.1, 0.15) is 0 Å². The molecule has 1 aromatic carbocycles. The number of nitrogens with zero attached hydrogens (tertiary/aromatic N) is 1. The second-order valence-electron chi connectivity index (χ2n) is 6.25. The predicted molar refractivity (Wildman–Crippen MR) is 91.3 cm³/mol. The molecule has 0 spiro atoms. The van der Waals surface area contributed by atoms with Gasteiger partial charge in [-0.05, 0) is 43.9 Å². The Bertz CT molecular complexity index is 533. The van der Waals surface area contributed by atoms with Gasteiger partial charge in [0.15, 0.2) is 11.5 Å². The largest absolute Gasteiger partial charge is 0.490 e. The minimum Gasteiger partial charge on any atom is -0.490 e. The lowest BCUT2D eigenvalue weighted by Crippen LogP contribution is -2.34. The Balaban J connectivity index is 0.00000208. The highest BCUT2D eigenvalue weighted by Gasteiger charge is 2.29. The summed E-state index contributed by atoms with van der Waals surface area (Å²) in [7, 11) is 0. The number of hydrogen-bond donors (Lipinski definition) is 1. The van der Waals surface area contributed by atoms with Gasteiger partial charge in [-0.3, -0.25) is 4.90 Å². The number of ether oxygens (including phenoxy) is 2. The lowest BCUT2D eigenvalue weighted by Gasteiger charge is -2.24. The summed E-state index contributed by atoms with van der Waals surface area (Å²) in [5.41, 5.74) is 1.06. The van der Waals surface area contributed by atoms with Crippen molar-refractivity contribution in [2.24, 2.45) is 0 Å². The molecule has 3 rings (SSSR count). The van der Waals surface area contributed by atoms with Crippen LogP contribution in [0.5, 0.6) is 11.5 Å². The van der Waals surface area contributed by atoms with Crippen LogP contribution in [0.3, 0.4) is 0 Å². The second kappa shape index (κ2) is 8.83. The fourth-order valence-corrected chi connectivity index (χ4v) is 3.53. The zero-order chi connectivity index (χ0) is 16.2. The first-order valence-electron chi connectivity index (χ1n) is 8.33. The molecule has 1 N–H and O–H groups in total. The van der Waals surface area contributed by atoms with E-state index in [-0.39, 0.29) is 18.2 Å². The van der Waals surface area contributed by atoms with Gasteiger partial charge in [-0.1, -0.05) is 6.07 Å². The third-order valence-electron chi connectivity index (χ3n) is 4.54. The monoisotopic (exact) mass is 362 g/mol. The first-order valence-corrected chi connectivity index (χ1v) is 8.33. The van der Waals surface area contributed by atoms with E-state index in [2.05, 4.69) is 15.0 Å². The van der Waals surface area contributed by atoms with Crippen molar-refractivity contribution in [1.82, 2.24) is 10.2 Å².